The number of amides is 1. The molecule has 7 nitrogen and oxygen atoms in total. The van der Waals surface area contributed by atoms with Crippen LogP contribution in [0.25, 0.3) is 11.0 Å². The fourth-order valence-electron chi connectivity index (χ4n) is 4.05. The molecule has 0 spiro atoms. The molecule has 1 atom stereocenters. The van der Waals surface area contributed by atoms with Crippen LogP contribution in [-0.2, 0) is 11.2 Å². The summed E-state index contributed by atoms with van der Waals surface area (Å²) < 4.78 is 17.0. The molecule has 0 N–H and O–H groups in total. The van der Waals surface area contributed by atoms with Gasteiger partial charge in [-0.05, 0) is 48.4 Å². The van der Waals surface area contributed by atoms with Gasteiger partial charge in [-0.3, -0.25) is 4.79 Å². The first-order chi connectivity index (χ1) is 15.8. The molecule has 2 aromatic carbocycles. The first-order valence-electron chi connectivity index (χ1n) is 10.6. The molecule has 1 amide bonds. The molecule has 1 aliphatic rings. The van der Waals surface area contributed by atoms with Gasteiger partial charge in [-0.25, -0.2) is 9.97 Å². The Morgan fingerprint density at radius 2 is 1.97 bits per heavy atom. The van der Waals surface area contributed by atoms with Gasteiger partial charge in [0.1, 0.15) is 11.3 Å². The van der Waals surface area contributed by atoms with Crippen LogP contribution in [0, 0.1) is 5.92 Å². The summed E-state index contributed by atoms with van der Waals surface area (Å²) in [6.07, 6.45) is 5.75. The highest BCUT2D eigenvalue weighted by Crippen LogP contribution is 2.25. The van der Waals surface area contributed by atoms with E-state index >= 15 is 0 Å². The van der Waals surface area contributed by atoms with Crippen molar-refractivity contribution in [3.05, 3.63) is 84.4 Å². The molecule has 0 radical (unpaired) electrons. The standard InChI is InChI=1S/C25H23N3O4/c29-24(20-5-1-6-21(15-20)32-25-26-9-3-10-27-25)28-11-13-30-17-18(16-28)14-19-4-2-7-23-22(19)8-12-31-23/h1-10,12,15,18H,11,13-14,16-17H2/t18-/m0/s1. The Hall–Kier alpha value is -3.71. The summed E-state index contributed by atoms with van der Waals surface area (Å²) in [6, 6.07) is 17.2. The molecule has 7 heteroatoms. The second-order valence-electron chi connectivity index (χ2n) is 7.81. The number of ether oxygens (including phenoxy) is 2. The van der Waals surface area contributed by atoms with Crippen LogP contribution >= 0.6 is 0 Å². The highest BCUT2D eigenvalue weighted by atomic mass is 16.5. The molecule has 1 aliphatic heterocycles. The van der Waals surface area contributed by atoms with E-state index in [-0.39, 0.29) is 17.8 Å². The highest BCUT2D eigenvalue weighted by molar-refractivity contribution is 5.94. The van der Waals surface area contributed by atoms with Crippen molar-refractivity contribution in [3.8, 4) is 11.8 Å². The van der Waals surface area contributed by atoms with Gasteiger partial charge in [0, 0.05) is 42.4 Å². The zero-order valence-corrected chi connectivity index (χ0v) is 17.5. The maximum atomic E-state index is 13.3. The molecule has 1 fully saturated rings. The fourth-order valence-corrected chi connectivity index (χ4v) is 4.05. The van der Waals surface area contributed by atoms with E-state index in [0.29, 0.717) is 37.6 Å². The number of hydrogen-bond donors (Lipinski definition) is 0. The van der Waals surface area contributed by atoms with E-state index in [1.54, 1.807) is 49.0 Å². The minimum absolute atomic E-state index is 0.0403. The quantitative estimate of drug-likeness (QED) is 0.470. The third kappa shape index (κ3) is 4.48. The average molecular weight is 429 g/mol. The lowest BCUT2D eigenvalue weighted by Crippen LogP contribution is -2.36. The van der Waals surface area contributed by atoms with E-state index in [1.807, 2.05) is 23.1 Å². The van der Waals surface area contributed by atoms with Gasteiger partial charge in [-0.15, -0.1) is 0 Å². The topological polar surface area (TPSA) is 77.7 Å². The number of aromatic nitrogens is 2. The van der Waals surface area contributed by atoms with Crippen molar-refractivity contribution in [2.75, 3.05) is 26.3 Å². The maximum absolute atomic E-state index is 13.3. The molecule has 4 aromatic rings. The number of carbonyl (C=O) groups excluding carboxylic acids is 1. The number of furan rings is 1. The number of hydrogen-bond acceptors (Lipinski definition) is 6. The number of carbonyl (C=O) groups is 1. The Balaban J connectivity index is 1.31. The zero-order valence-electron chi connectivity index (χ0n) is 17.5. The van der Waals surface area contributed by atoms with Crippen molar-refractivity contribution in [3.63, 3.8) is 0 Å². The van der Waals surface area contributed by atoms with Crippen molar-refractivity contribution in [1.82, 2.24) is 14.9 Å². The van der Waals surface area contributed by atoms with Crippen LogP contribution < -0.4 is 4.74 Å². The van der Waals surface area contributed by atoms with Gasteiger partial charge < -0.3 is 18.8 Å². The van der Waals surface area contributed by atoms with E-state index in [9.17, 15) is 4.79 Å². The Morgan fingerprint density at radius 1 is 1.09 bits per heavy atom. The lowest BCUT2D eigenvalue weighted by atomic mass is 9.97. The molecule has 0 saturated carbocycles. The van der Waals surface area contributed by atoms with Crippen LogP contribution in [0.4, 0.5) is 0 Å². The molecule has 0 bridgehead atoms. The van der Waals surface area contributed by atoms with E-state index < -0.39 is 0 Å². The highest BCUT2D eigenvalue weighted by Gasteiger charge is 2.24. The predicted octanol–water partition coefficient (Wildman–Crippen LogP) is 4.35. The van der Waals surface area contributed by atoms with Crippen LogP contribution in [0.5, 0.6) is 11.8 Å². The summed E-state index contributed by atoms with van der Waals surface area (Å²) in [5.74, 6) is 0.678. The second-order valence-corrected chi connectivity index (χ2v) is 7.81. The molecule has 0 aliphatic carbocycles. The first kappa shape index (κ1) is 20.2. The van der Waals surface area contributed by atoms with Gasteiger partial charge in [0.25, 0.3) is 5.91 Å². The molecular formula is C25H23N3O4. The maximum Gasteiger partial charge on any atom is 0.321 e. The summed E-state index contributed by atoms with van der Waals surface area (Å²) in [5.41, 5.74) is 2.65. The number of fused-ring (bicyclic) bond motifs is 1. The Bertz CT molecular complexity index is 1210. The van der Waals surface area contributed by atoms with E-state index in [2.05, 4.69) is 16.0 Å². The molecule has 32 heavy (non-hydrogen) atoms. The molecule has 0 unspecified atom stereocenters. The Kier molecular flexibility index (Phi) is 5.81. The number of rotatable bonds is 5. The lowest BCUT2D eigenvalue weighted by molar-refractivity contribution is 0.0737. The van der Waals surface area contributed by atoms with E-state index in [1.165, 1.54) is 5.56 Å². The average Bonchev–Trinajstić information content (AvgIpc) is 3.19. The second kappa shape index (κ2) is 9.20. The summed E-state index contributed by atoms with van der Waals surface area (Å²) in [4.78, 5) is 23.3. The molecular weight excluding hydrogens is 406 g/mol. The van der Waals surface area contributed by atoms with Crippen molar-refractivity contribution in [2.24, 2.45) is 5.92 Å². The van der Waals surface area contributed by atoms with E-state index in [4.69, 9.17) is 13.9 Å². The third-order valence-electron chi connectivity index (χ3n) is 5.55. The van der Waals surface area contributed by atoms with Crippen LogP contribution in [0.2, 0.25) is 0 Å². The number of nitrogens with zero attached hydrogens (tertiary/aromatic N) is 3. The van der Waals surface area contributed by atoms with Crippen LogP contribution in [-0.4, -0.2) is 47.1 Å². The first-order valence-corrected chi connectivity index (χ1v) is 10.6. The molecule has 1 saturated heterocycles. The van der Waals surface area contributed by atoms with Gasteiger partial charge in [0.2, 0.25) is 0 Å². The monoisotopic (exact) mass is 429 g/mol. The SMILES string of the molecule is O=C(c1cccc(Oc2ncccn2)c1)N1CCOC[C@@H](Cc2cccc3occc23)C1. The summed E-state index contributed by atoms with van der Waals surface area (Å²) in [6.45, 7) is 2.32. The van der Waals surface area contributed by atoms with Crippen LogP contribution in [0.3, 0.4) is 0 Å². The van der Waals surface area contributed by atoms with Crippen LogP contribution in [0.15, 0.2) is 77.7 Å². The zero-order chi connectivity index (χ0) is 21.8. The van der Waals surface area contributed by atoms with Crippen molar-refractivity contribution >= 4 is 16.9 Å². The van der Waals surface area contributed by atoms with Crippen molar-refractivity contribution < 1.29 is 18.7 Å². The molecule has 5 rings (SSSR count). The van der Waals surface area contributed by atoms with Gasteiger partial charge in [0.15, 0.2) is 0 Å². The smallest absolute Gasteiger partial charge is 0.321 e. The van der Waals surface area contributed by atoms with Crippen molar-refractivity contribution in [2.45, 2.75) is 6.42 Å². The molecule has 2 aromatic heterocycles. The van der Waals surface area contributed by atoms with Gasteiger partial charge in [-0.2, -0.15) is 0 Å². The lowest BCUT2D eigenvalue weighted by Gasteiger charge is -2.24. The third-order valence-corrected chi connectivity index (χ3v) is 5.55. The molecule has 162 valence electrons. The number of benzene rings is 2. The summed E-state index contributed by atoms with van der Waals surface area (Å²) >= 11 is 0. The fraction of sp³-hybridized carbons (Fsp3) is 0.240. The largest absolute Gasteiger partial charge is 0.464 e. The summed E-state index contributed by atoms with van der Waals surface area (Å²) in [7, 11) is 0. The Morgan fingerprint density at radius 3 is 2.88 bits per heavy atom. The summed E-state index contributed by atoms with van der Waals surface area (Å²) in [5, 5.41) is 1.11. The van der Waals surface area contributed by atoms with Gasteiger partial charge >= 0.3 is 6.01 Å². The van der Waals surface area contributed by atoms with E-state index in [0.717, 1.165) is 17.4 Å². The molecule has 3 heterocycles. The normalized spacial score (nSPS) is 16.6. The van der Waals surface area contributed by atoms with Gasteiger partial charge in [-0.1, -0.05) is 18.2 Å². The Labute approximate surface area is 185 Å². The van der Waals surface area contributed by atoms with Crippen molar-refractivity contribution in [1.29, 1.82) is 0 Å². The van der Waals surface area contributed by atoms with Crippen LogP contribution in [0.1, 0.15) is 15.9 Å². The van der Waals surface area contributed by atoms with Gasteiger partial charge in [0.05, 0.1) is 19.5 Å². The minimum atomic E-state index is -0.0403. The minimum Gasteiger partial charge on any atom is -0.464 e. The predicted molar refractivity (Wildman–Crippen MR) is 119 cm³/mol.